The molecular formula is C9H15NO3. The normalized spacial score (nSPS) is 11.4. The van der Waals surface area contributed by atoms with E-state index in [1.54, 1.807) is 13.0 Å². The maximum absolute atomic E-state index is 9.05. The number of aliphatic hydroxyl groups is 1. The molecule has 0 saturated carbocycles. The fourth-order valence-corrected chi connectivity index (χ4v) is 0.800. The molecule has 1 aromatic rings. The van der Waals surface area contributed by atoms with E-state index in [1.807, 2.05) is 0 Å². The molecule has 1 atom stereocenters. The summed E-state index contributed by atoms with van der Waals surface area (Å²) in [5.74, 6) is -0.377. The van der Waals surface area contributed by atoms with Gasteiger partial charge < -0.3 is 21.1 Å². The Labute approximate surface area is 77.3 Å². The Bertz CT molecular complexity index is 261. The van der Waals surface area contributed by atoms with Gasteiger partial charge in [-0.1, -0.05) is 6.07 Å². The Balaban J connectivity index is 0.000000671. The number of phenolic OH excluding ortho intramolecular Hbond substituents is 2. The molecule has 0 aliphatic rings. The van der Waals surface area contributed by atoms with E-state index < -0.39 is 6.10 Å². The largest absolute Gasteiger partial charge is 0.504 e. The third-order valence-corrected chi connectivity index (χ3v) is 1.48. The monoisotopic (exact) mass is 185 g/mol. The van der Waals surface area contributed by atoms with Crippen molar-refractivity contribution in [1.82, 2.24) is 0 Å². The van der Waals surface area contributed by atoms with Crippen molar-refractivity contribution in [2.75, 3.05) is 7.05 Å². The number of hydrogen-bond acceptors (Lipinski definition) is 4. The van der Waals surface area contributed by atoms with E-state index >= 15 is 0 Å². The SMILES string of the molecule is CC(O)c1ccc(O)c(O)c1.CN. The molecule has 5 N–H and O–H groups in total. The van der Waals surface area contributed by atoms with E-state index in [0.29, 0.717) is 5.56 Å². The van der Waals surface area contributed by atoms with Crippen molar-refractivity contribution in [1.29, 1.82) is 0 Å². The first-order valence-corrected chi connectivity index (χ1v) is 3.89. The van der Waals surface area contributed by atoms with Gasteiger partial charge in [-0.15, -0.1) is 0 Å². The molecule has 1 unspecified atom stereocenters. The first-order valence-electron chi connectivity index (χ1n) is 3.89. The van der Waals surface area contributed by atoms with Crippen LogP contribution in [-0.4, -0.2) is 22.4 Å². The van der Waals surface area contributed by atoms with Gasteiger partial charge in [0.15, 0.2) is 11.5 Å². The lowest BCUT2D eigenvalue weighted by molar-refractivity contribution is 0.198. The van der Waals surface area contributed by atoms with Gasteiger partial charge in [0.1, 0.15) is 0 Å². The van der Waals surface area contributed by atoms with Gasteiger partial charge in [-0.2, -0.15) is 0 Å². The van der Waals surface area contributed by atoms with E-state index in [-0.39, 0.29) is 11.5 Å². The van der Waals surface area contributed by atoms with Crippen LogP contribution in [0.4, 0.5) is 0 Å². The summed E-state index contributed by atoms with van der Waals surface area (Å²) in [4.78, 5) is 0. The second kappa shape index (κ2) is 5.40. The highest BCUT2D eigenvalue weighted by atomic mass is 16.3. The minimum absolute atomic E-state index is 0.172. The van der Waals surface area contributed by atoms with E-state index in [9.17, 15) is 0 Å². The third kappa shape index (κ3) is 3.31. The third-order valence-electron chi connectivity index (χ3n) is 1.48. The average molecular weight is 185 g/mol. The lowest BCUT2D eigenvalue weighted by atomic mass is 10.1. The number of rotatable bonds is 1. The van der Waals surface area contributed by atoms with Crippen LogP contribution >= 0.6 is 0 Å². The maximum atomic E-state index is 9.05. The van der Waals surface area contributed by atoms with Crippen LogP contribution in [0.2, 0.25) is 0 Å². The highest BCUT2D eigenvalue weighted by Gasteiger charge is 2.03. The fraction of sp³-hybridized carbons (Fsp3) is 0.333. The molecule has 0 aliphatic heterocycles. The molecule has 0 heterocycles. The number of aliphatic hydroxyl groups excluding tert-OH is 1. The summed E-state index contributed by atoms with van der Waals surface area (Å²) in [6, 6.07) is 4.23. The molecule has 0 radical (unpaired) electrons. The van der Waals surface area contributed by atoms with Crippen LogP contribution in [0.3, 0.4) is 0 Å². The quantitative estimate of drug-likeness (QED) is 0.486. The number of benzene rings is 1. The molecule has 13 heavy (non-hydrogen) atoms. The highest BCUT2D eigenvalue weighted by molar-refractivity contribution is 5.40. The molecule has 74 valence electrons. The molecule has 0 amide bonds. The highest BCUT2D eigenvalue weighted by Crippen LogP contribution is 2.27. The zero-order valence-corrected chi connectivity index (χ0v) is 7.73. The number of nitrogens with two attached hydrogens (primary N) is 1. The molecule has 1 rings (SSSR count). The second-order valence-corrected chi connectivity index (χ2v) is 2.42. The van der Waals surface area contributed by atoms with Crippen LogP contribution in [-0.2, 0) is 0 Å². The Hall–Kier alpha value is -1.26. The van der Waals surface area contributed by atoms with Crippen LogP contribution in [0, 0.1) is 0 Å². The van der Waals surface area contributed by atoms with Gasteiger partial charge >= 0.3 is 0 Å². The topological polar surface area (TPSA) is 86.7 Å². The Morgan fingerprint density at radius 2 is 1.69 bits per heavy atom. The summed E-state index contributed by atoms with van der Waals surface area (Å²) >= 11 is 0. The summed E-state index contributed by atoms with van der Waals surface area (Å²) in [5.41, 5.74) is 5.08. The lowest BCUT2D eigenvalue weighted by Gasteiger charge is -2.04. The van der Waals surface area contributed by atoms with E-state index in [4.69, 9.17) is 15.3 Å². The van der Waals surface area contributed by atoms with E-state index in [1.165, 1.54) is 19.2 Å². The molecular weight excluding hydrogens is 170 g/mol. The number of aromatic hydroxyl groups is 2. The minimum Gasteiger partial charge on any atom is -0.504 e. The predicted molar refractivity (Wildman–Crippen MR) is 50.5 cm³/mol. The smallest absolute Gasteiger partial charge is 0.157 e. The molecule has 0 fully saturated rings. The summed E-state index contributed by atoms with van der Waals surface area (Å²) in [6.07, 6.45) is -0.624. The van der Waals surface area contributed by atoms with Crippen molar-refractivity contribution in [3.05, 3.63) is 23.8 Å². The van der Waals surface area contributed by atoms with E-state index in [0.717, 1.165) is 0 Å². The molecule has 0 aromatic heterocycles. The van der Waals surface area contributed by atoms with Crippen LogP contribution in [0.25, 0.3) is 0 Å². The summed E-state index contributed by atoms with van der Waals surface area (Å²) in [7, 11) is 1.50. The molecule has 0 saturated heterocycles. The minimum atomic E-state index is -0.624. The molecule has 0 spiro atoms. The average Bonchev–Trinajstić information content (AvgIpc) is 2.13. The molecule has 0 bridgehead atoms. The van der Waals surface area contributed by atoms with Crippen molar-refractivity contribution in [3.63, 3.8) is 0 Å². The fourth-order valence-electron chi connectivity index (χ4n) is 0.800. The first kappa shape index (κ1) is 11.7. The van der Waals surface area contributed by atoms with Gasteiger partial charge in [0.2, 0.25) is 0 Å². The van der Waals surface area contributed by atoms with Gasteiger partial charge in [0.05, 0.1) is 6.10 Å². The van der Waals surface area contributed by atoms with Crippen LogP contribution in [0.1, 0.15) is 18.6 Å². The standard InChI is InChI=1S/C8H10O3.CH5N/c1-5(9)6-2-3-7(10)8(11)4-6;1-2/h2-5,9-11H,1H3;2H2,1H3. The van der Waals surface area contributed by atoms with Gasteiger partial charge in [-0.25, -0.2) is 0 Å². The summed E-state index contributed by atoms with van der Waals surface area (Å²) in [5, 5.41) is 26.9. The van der Waals surface area contributed by atoms with Gasteiger partial charge in [-0.3, -0.25) is 0 Å². The Morgan fingerprint density at radius 1 is 1.15 bits per heavy atom. The molecule has 1 aromatic carbocycles. The second-order valence-electron chi connectivity index (χ2n) is 2.42. The van der Waals surface area contributed by atoms with Crippen molar-refractivity contribution in [2.45, 2.75) is 13.0 Å². The zero-order chi connectivity index (χ0) is 10.4. The van der Waals surface area contributed by atoms with Crippen LogP contribution < -0.4 is 5.73 Å². The number of phenols is 2. The first-order chi connectivity index (χ1) is 6.11. The number of hydrogen-bond donors (Lipinski definition) is 4. The van der Waals surface area contributed by atoms with Crippen LogP contribution in [0.15, 0.2) is 18.2 Å². The van der Waals surface area contributed by atoms with Gasteiger partial charge in [-0.05, 0) is 31.7 Å². The van der Waals surface area contributed by atoms with Crippen molar-refractivity contribution in [2.24, 2.45) is 5.73 Å². The van der Waals surface area contributed by atoms with Crippen LogP contribution in [0.5, 0.6) is 11.5 Å². The van der Waals surface area contributed by atoms with Crippen molar-refractivity contribution >= 4 is 0 Å². The Morgan fingerprint density at radius 3 is 2.08 bits per heavy atom. The lowest BCUT2D eigenvalue weighted by Crippen LogP contribution is -1.89. The predicted octanol–water partition coefficient (Wildman–Crippen LogP) is 0.726. The Kier molecular flexibility index (Phi) is 4.87. The summed E-state index contributed by atoms with van der Waals surface area (Å²) < 4.78 is 0. The summed E-state index contributed by atoms with van der Waals surface area (Å²) in [6.45, 7) is 1.59. The molecule has 4 nitrogen and oxygen atoms in total. The zero-order valence-electron chi connectivity index (χ0n) is 7.73. The molecule has 0 aliphatic carbocycles. The van der Waals surface area contributed by atoms with Crippen molar-refractivity contribution < 1.29 is 15.3 Å². The van der Waals surface area contributed by atoms with Crippen molar-refractivity contribution in [3.8, 4) is 11.5 Å². The van der Waals surface area contributed by atoms with Gasteiger partial charge in [0, 0.05) is 0 Å². The van der Waals surface area contributed by atoms with Gasteiger partial charge in [0.25, 0.3) is 0 Å². The maximum Gasteiger partial charge on any atom is 0.157 e. The molecule has 4 heteroatoms. The van der Waals surface area contributed by atoms with E-state index in [2.05, 4.69) is 5.73 Å².